The van der Waals surface area contributed by atoms with Gasteiger partial charge in [0.1, 0.15) is 0 Å². The molecule has 1 aliphatic carbocycles. The van der Waals surface area contributed by atoms with Crippen molar-refractivity contribution in [2.75, 3.05) is 19.8 Å². The summed E-state index contributed by atoms with van der Waals surface area (Å²) in [5, 5.41) is 3.63. The summed E-state index contributed by atoms with van der Waals surface area (Å²) in [7, 11) is -2.94. The number of unbranched alkanes of at least 4 members (excludes halogenated alkanes) is 3. The molecule has 4 nitrogen and oxygen atoms in total. The molecule has 1 rings (SSSR count). The molecule has 1 saturated carbocycles. The Balaban J connectivity index is 2.46. The first-order chi connectivity index (χ1) is 11.2. The van der Waals surface area contributed by atoms with E-state index in [1.54, 1.807) is 0 Å². The molecule has 0 heterocycles. The maximum Gasteiger partial charge on any atom is 0.333 e. The Morgan fingerprint density at radius 2 is 1.39 bits per heavy atom. The van der Waals surface area contributed by atoms with Gasteiger partial charge in [0, 0.05) is 6.04 Å². The highest BCUT2D eigenvalue weighted by Gasteiger charge is 2.38. The zero-order chi connectivity index (χ0) is 17.0. The Labute approximate surface area is 143 Å². The van der Waals surface area contributed by atoms with Gasteiger partial charge in [0.15, 0.2) is 0 Å². The van der Waals surface area contributed by atoms with Gasteiger partial charge < -0.3 is 14.4 Å². The predicted molar refractivity (Wildman–Crippen MR) is 98.3 cm³/mol. The number of nitrogens with one attached hydrogen (secondary N) is 1. The van der Waals surface area contributed by atoms with Crippen LogP contribution in [0.5, 0.6) is 0 Å². The number of hydrogen-bond donors (Lipinski definition) is 1. The van der Waals surface area contributed by atoms with Crippen LogP contribution in [0.4, 0.5) is 0 Å². The van der Waals surface area contributed by atoms with Gasteiger partial charge in [0.2, 0.25) is 0 Å². The smallest absolute Gasteiger partial charge is 0.314 e. The van der Waals surface area contributed by atoms with E-state index in [-0.39, 0.29) is 5.66 Å². The van der Waals surface area contributed by atoms with E-state index in [1.807, 2.05) is 0 Å². The normalized spacial score (nSPS) is 22.4. The Kier molecular flexibility index (Phi) is 11.5. The molecule has 0 aromatic rings. The summed E-state index contributed by atoms with van der Waals surface area (Å²) in [6, 6.07) is 0.581. The predicted octanol–water partition coefficient (Wildman–Crippen LogP) is 5.51. The first kappa shape index (κ1) is 21.2. The quantitative estimate of drug-likeness (QED) is 0.352. The van der Waals surface area contributed by atoms with E-state index in [4.69, 9.17) is 9.05 Å². The molecule has 0 unspecified atom stereocenters. The summed E-state index contributed by atoms with van der Waals surface area (Å²) >= 11 is 0. The zero-order valence-electron chi connectivity index (χ0n) is 15.5. The second-order valence-corrected chi connectivity index (χ2v) is 9.05. The van der Waals surface area contributed by atoms with Gasteiger partial charge in [-0.15, -0.1) is 0 Å². The fourth-order valence-corrected chi connectivity index (χ4v) is 5.19. The summed E-state index contributed by atoms with van der Waals surface area (Å²) < 4.78 is 24.8. The molecule has 0 spiro atoms. The molecule has 23 heavy (non-hydrogen) atoms. The molecule has 0 aliphatic heterocycles. The maximum atomic E-state index is 13.2. The van der Waals surface area contributed by atoms with E-state index in [0.717, 1.165) is 57.9 Å². The minimum Gasteiger partial charge on any atom is -0.314 e. The second-order valence-electron chi connectivity index (χ2n) is 6.73. The maximum absolute atomic E-state index is 13.2. The Bertz CT molecular complexity index is 316. The molecule has 0 saturated heterocycles. The highest BCUT2D eigenvalue weighted by molar-refractivity contribution is 7.54. The molecule has 1 aliphatic rings. The molecule has 1 fully saturated rings. The standard InChI is InChI=1S/C18H38NO3P/c1-4-7-14-19-17-10-12-18(13-11-17)23(20,21-15-8-5-2)22-16-9-6-3/h17-19H,4-16H2,1-3H3. The highest BCUT2D eigenvalue weighted by atomic mass is 31.2. The summed E-state index contributed by atoms with van der Waals surface area (Å²) in [6.07, 6.45) is 10.6. The molecular weight excluding hydrogens is 309 g/mol. The van der Waals surface area contributed by atoms with Crippen LogP contribution in [-0.2, 0) is 13.6 Å². The summed E-state index contributed by atoms with van der Waals surface area (Å²) in [5.74, 6) is 0. The van der Waals surface area contributed by atoms with Gasteiger partial charge in [0.25, 0.3) is 0 Å². The largest absolute Gasteiger partial charge is 0.333 e. The van der Waals surface area contributed by atoms with Crippen LogP contribution < -0.4 is 5.32 Å². The fourth-order valence-electron chi connectivity index (χ4n) is 3.00. The molecule has 0 radical (unpaired) electrons. The molecule has 0 aromatic carbocycles. The molecule has 1 N–H and O–H groups in total. The van der Waals surface area contributed by atoms with Crippen molar-refractivity contribution in [1.82, 2.24) is 5.32 Å². The lowest BCUT2D eigenvalue weighted by Gasteiger charge is -2.33. The SMILES string of the molecule is CCCCNC1CCC(P(=O)(OCCCC)OCCCC)CC1. The molecule has 0 atom stereocenters. The highest BCUT2D eigenvalue weighted by Crippen LogP contribution is 2.57. The fraction of sp³-hybridized carbons (Fsp3) is 1.00. The van der Waals surface area contributed by atoms with E-state index in [2.05, 4.69) is 26.1 Å². The second kappa shape index (κ2) is 12.5. The number of rotatable bonds is 13. The molecule has 0 aromatic heterocycles. The van der Waals surface area contributed by atoms with Crippen molar-refractivity contribution < 1.29 is 13.6 Å². The number of hydrogen-bond acceptors (Lipinski definition) is 4. The van der Waals surface area contributed by atoms with Crippen molar-refractivity contribution in [2.45, 2.75) is 96.7 Å². The molecule has 0 bridgehead atoms. The minimum absolute atomic E-state index is 0.0976. The topological polar surface area (TPSA) is 47.6 Å². The lowest BCUT2D eigenvalue weighted by atomic mass is 9.95. The van der Waals surface area contributed by atoms with Crippen molar-refractivity contribution in [2.24, 2.45) is 0 Å². The third-order valence-corrected chi connectivity index (χ3v) is 7.14. The van der Waals surface area contributed by atoms with E-state index in [1.165, 1.54) is 12.8 Å². The van der Waals surface area contributed by atoms with Crippen molar-refractivity contribution in [3.8, 4) is 0 Å². The van der Waals surface area contributed by atoms with Gasteiger partial charge in [-0.25, -0.2) is 0 Å². The van der Waals surface area contributed by atoms with Crippen molar-refractivity contribution in [3.63, 3.8) is 0 Å². The van der Waals surface area contributed by atoms with Crippen molar-refractivity contribution >= 4 is 7.60 Å². The van der Waals surface area contributed by atoms with Gasteiger partial charge >= 0.3 is 7.60 Å². The van der Waals surface area contributed by atoms with E-state index >= 15 is 0 Å². The average Bonchev–Trinajstić information content (AvgIpc) is 2.56. The first-order valence-electron chi connectivity index (χ1n) is 9.78. The third-order valence-electron chi connectivity index (χ3n) is 4.65. The van der Waals surface area contributed by atoms with Gasteiger partial charge in [-0.05, 0) is 51.5 Å². The zero-order valence-corrected chi connectivity index (χ0v) is 16.4. The van der Waals surface area contributed by atoms with Gasteiger partial charge in [-0.1, -0.05) is 40.0 Å². The van der Waals surface area contributed by atoms with Crippen LogP contribution in [0.2, 0.25) is 0 Å². The van der Waals surface area contributed by atoms with E-state index < -0.39 is 7.60 Å². The Hall–Kier alpha value is 0.110. The van der Waals surface area contributed by atoms with Crippen LogP contribution in [-0.4, -0.2) is 31.5 Å². The average molecular weight is 347 g/mol. The van der Waals surface area contributed by atoms with Crippen LogP contribution >= 0.6 is 7.60 Å². The first-order valence-corrected chi connectivity index (χ1v) is 11.4. The van der Waals surface area contributed by atoms with Gasteiger partial charge in [0.05, 0.1) is 18.9 Å². The van der Waals surface area contributed by atoms with Gasteiger partial charge in [-0.2, -0.15) is 0 Å². The van der Waals surface area contributed by atoms with Crippen LogP contribution in [0.3, 0.4) is 0 Å². The summed E-state index contributed by atoms with van der Waals surface area (Å²) in [6.45, 7) is 8.70. The summed E-state index contributed by atoms with van der Waals surface area (Å²) in [5.41, 5.74) is 0.0976. The lowest BCUT2D eigenvalue weighted by molar-refractivity contribution is 0.184. The van der Waals surface area contributed by atoms with Crippen LogP contribution in [0.25, 0.3) is 0 Å². The monoisotopic (exact) mass is 347 g/mol. The van der Waals surface area contributed by atoms with Crippen LogP contribution in [0.1, 0.15) is 85.0 Å². The van der Waals surface area contributed by atoms with E-state index in [9.17, 15) is 4.57 Å². The Morgan fingerprint density at radius 3 is 1.87 bits per heavy atom. The lowest BCUT2D eigenvalue weighted by Crippen LogP contribution is -2.35. The van der Waals surface area contributed by atoms with Crippen LogP contribution in [0.15, 0.2) is 0 Å². The Morgan fingerprint density at radius 1 is 0.870 bits per heavy atom. The minimum atomic E-state index is -2.94. The molecule has 5 heteroatoms. The third kappa shape index (κ3) is 8.16. The van der Waals surface area contributed by atoms with Crippen molar-refractivity contribution in [3.05, 3.63) is 0 Å². The van der Waals surface area contributed by atoms with Crippen molar-refractivity contribution in [1.29, 1.82) is 0 Å². The van der Waals surface area contributed by atoms with Gasteiger partial charge in [-0.3, -0.25) is 4.57 Å². The summed E-state index contributed by atoms with van der Waals surface area (Å²) in [4.78, 5) is 0. The van der Waals surface area contributed by atoms with Crippen LogP contribution in [0, 0.1) is 0 Å². The molecule has 0 amide bonds. The van der Waals surface area contributed by atoms with E-state index in [0.29, 0.717) is 19.3 Å². The molecular formula is C18H38NO3P. The molecule has 138 valence electrons.